The number of hydrogen-bond donors (Lipinski definition) is 2. The third-order valence-corrected chi connectivity index (χ3v) is 3.56. The Hall–Kier alpha value is -1.25. The third-order valence-electron chi connectivity index (χ3n) is 3.56. The lowest BCUT2D eigenvalue weighted by Gasteiger charge is -2.05. The first kappa shape index (κ1) is 11.2. The molecular weight excluding hydrogens is 200 g/mol. The Bertz CT molecular complexity index is 381. The van der Waals surface area contributed by atoms with E-state index in [2.05, 4.69) is 24.1 Å². The molecule has 3 nitrogen and oxygen atoms in total. The predicted octanol–water partition coefficient (Wildman–Crippen LogP) is 2.35. The molecule has 1 aliphatic carbocycles. The van der Waals surface area contributed by atoms with Gasteiger partial charge in [-0.1, -0.05) is 13.8 Å². The molecule has 1 aromatic rings. The summed E-state index contributed by atoms with van der Waals surface area (Å²) < 4.78 is 0. The Kier molecular flexibility index (Phi) is 3.03. The second-order valence-electron chi connectivity index (χ2n) is 5.17. The largest absolute Gasteiger partial charge is 0.367 e. The normalized spacial score (nSPS) is 23.5. The van der Waals surface area contributed by atoms with Crippen molar-refractivity contribution < 1.29 is 4.79 Å². The molecule has 0 saturated heterocycles. The van der Waals surface area contributed by atoms with Crippen LogP contribution in [0.25, 0.3) is 0 Å². The quantitative estimate of drug-likeness (QED) is 0.803. The minimum atomic E-state index is 0.0492. The highest BCUT2D eigenvalue weighted by Gasteiger charge is 2.38. The molecule has 0 bridgehead atoms. The molecule has 1 saturated carbocycles. The van der Waals surface area contributed by atoms with Crippen molar-refractivity contribution in [3.63, 3.8) is 0 Å². The molecule has 1 heterocycles. The second kappa shape index (κ2) is 4.32. The Balaban J connectivity index is 1.80. The van der Waals surface area contributed by atoms with Gasteiger partial charge in [0.2, 0.25) is 0 Å². The molecule has 0 aliphatic heterocycles. The molecule has 0 unspecified atom stereocenters. The molecule has 88 valence electrons. The van der Waals surface area contributed by atoms with E-state index in [1.807, 2.05) is 13.1 Å². The summed E-state index contributed by atoms with van der Waals surface area (Å²) in [4.78, 5) is 14.8. The Labute approximate surface area is 96.6 Å². The number of H-pyrrole nitrogens is 1. The van der Waals surface area contributed by atoms with Crippen molar-refractivity contribution in [2.75, 3.05) is 6.54 Å². The van der Waals surface area contributed by atoms with Gasteiger partial charge in [0.25, 0.3) is 5.91 Å². The van der Waals surface area contributed by atoms with Gasteiger partial charge in [-0.2, -0.15) is 0 Å². The summed E-state index contributed by atoms with van der Waals surface area (Å²) in [5.41, 5.74) is 1.77. The molecule has 0 aromatic carbocycles. The number of aromatic nitrogens is 1. The molecule has 16 heavy (non-hydrogen) atoms. The van der Waals surface area contributed by atoms with Crippen LogP contribution in [0.5, 0.6) is 0 Å². The number of amides is 1. The van der Waals surface area contributed by atoms with Crippen LogP contribution >= 0.6 is 0 Å². The van der Waals surface area contributed by atoms with Crippen molar-refractivity contribution in [1.82, 2.24) is 10.3 Å². The number of carbonyl (C=O) groups excluding carboxylic acids is 1. The van der Waals surface area contributed by atoms with Crippen LogP contribution in [0, 0.1) is 24.7 Å². The zero-order chi connectivity index (χ0) is 11.7. The molecule has 2 N–H and O–H groups in total. The van der Waals surface area contributed by atoms with Crippen LogP contribution in [0.2, 0.25) is 0 Å². The third kappa shape index (κ3) is 2.29. The molecule has 3 heteroatoms. The van der Waals surface area contributed by atoms with Crippen molar-refractivity contribution in [2.24, 2.45) is 17.8 Å². The van der Waals surface area contributed by atoms with E-state index >= 15 is 0 Å². The van der Waals surface area contributed by atoms with E-state index in [4.69, 9.17) is 0 Å². The topological polar surface area (TPSA) is 44.9 Å². The molecule has 1 fully saturated rings. The summed E-state index contributed by atoms with van der Waals surface area (Å²) >= 11 is 0. The Morgan fingerprint density at radius 1 is 1.56 bits per heavy atom. The Morgan fingerprint density at radius 2 is 2.31 bits per heavy atom. The lowest BCUT2D eigenvalue weighted by Crippen LogP contribution is -2.26. The van der Waals surface area contributed by atoms with E-state index in [0.717, 1.165) is 29.5 Å². The fourth-order valence-corrected chi connectivity index (χ4v) is 2.33. The van der Waals surface area contributed by atoms with E-state index in [-0.39, 0.29) is 5.91 Å². The van der Waals surface area contributed by atoms with Crippen molar-refractivity contribution in [2.45, 2.75) is 27.2 Å². The number of carbonyl (C=O) groups is 1. The zero-order valence-corrected chi connectivity index (χ0v) is 10.2. The summed E-state index contributed by atoms with van der Waals surface area (Å²) in [5, 5.41) is 3.01. The van der Waals surface area contributed by atoms with Crippen LogP contribution in [0.1, 0.15) is 36.2 Å². The maximum absolute atomic E-state index is 11.8. The molecule has 1 amide bonds. The predicted molar refractivity (Wildman–Crippen MR) is 64.3 cm³/mol. The van der Waals surface area contributed by atoms with Crippen LogP contribution in [-0.4, -0.2) is 17.4 Å². The minimum Gasteiger partial charge on any atom is -0.367 e. The van der Waals surface area contributed by atoms with Gasteiger partial charge in [0.15, 0.2) is 0 Å². The van der Waals surface area contributed by atoms with Crippen molar-refractivity contribution >= 4 is 5.91 Å². The standard InChI is InChI=1S/C13H20N2O/c1-8(2)11-4-10(11)6-15-13(16)12-7-14-5-9(12)3/h5,7-8,10-11,14H,4,6H2,1-3H3,(H,15,16)/t10-,11-/m0/s1. The van der Waals surface area contributed by atoms with Crippen LogP contribution in [0.15, 0.2) is 12.4 Å². The number of rotatable bonds is 4. The molecule has 2 rings (SSSR count). The summed E-state index contributed by atoms with van der Waals surface area (Å²) in [6.45, 7) is 7.28. The average Bonchev–Trinajstić information content (AvgIpc) is 2.90. The first-order chi connectivity index (χ1) is 7.59. The molecule has 1 aromatic heterocycles. The zero-order valence-electron chi connectivity index (χ0n) is 10.2. The van der Waals surface area contributed by atoms with E-state index in [9.17, 15) is 4.79 Å². The highest BCUT2D eigenvalue weighted by atomic mass is 16.1. The number of aryl methyl sites for hydroxylation is 1. The maximum Gasteiger partial charge on any atom is 0.253 e. The van der Waals surface area contributed by atoms with Gasteiger partial charge in [0, 0.05) is 18.9 Å². The highest BCUT2D eigenvalue weighted by Crippen LogP contribution is 2.43. The average molecular weight is 220 g/mol. The van der Waals surface area contributed by atoms with Gasteiger partial charge in [0.05, 0.1) is 5.56 Å². The Morgan fingerprint density at radius 3 is 2.81 bits per heavy atom. The molecular formula is C13H20N2O. The van der Waals surface area contributed by atoms with E-state index in [1.54, 1.807) is 6.20 Å². The number of nitrogens with one attached hydrogen (secondary N) is 2. The van der Waals surface area contributed by atoms with Gasteiger partial charge < -0.3 is 10.3 Å². The summed E-state index contributed by atoms with van der Waals surface area (Å²) in [6, 6.07) is 0. The molecule has 2 atom stereocenters. The van der Waals surface area contributed by atoms with Gasteiger partial charge >= 0.3 is 0 Å². The van der Waals surface area contributed by atoms with Gasteiger partial charge in [-0.05, 0) is 36.7 Å². The number of aromatic amines is 1. The lowest BCUT2D eigenvalue weighted by molar-refractivity contribution is 0.0950. The summed E-state index contributed by atoms with van der Waals surface area (Å²) in [6.07, 6.45) is 4.88. The highest BCUT2D eigenvalue weighted by molar-refractivity contribution is 5.95. The fraction of sp³-hybridized carbons (Fsp3) is 0.615. The van der Waals surface area contributed by atoms with Gasteiger partial charge in [-0.3, -0.25) is 4.79 Å². The van der Waals surface area contributed by atoms with Crippen molar-refractivity contribution in [1.29, 1.82) is 0 Å². The van der Waals surface area contributed by atoms with Crippen molar-refractivity contribution in [3.05, 3.63) is 23.5 Å². The number of hydrogen-bond acceptors (Lipinski definition) is 1. The van der Waals surface area contributed by atoms with Gasteiger partial charge in [-0.25, -0.2) is 0 Å². The monoisotopic (exact) mass is 220 g/mol. The first-order valence-electron chi connectivity index (χ1n) is 6.01. The van der Waals surface area contributed by atoms with Gasteiger partial charge in [-0.15, -0.1) is 0 Å². The minimum absolute atomic E-state index is 0.0492. The smallest absolute Gasteiger partial charge is 0.253 e. The van der Waals surface area contributed by atoms with Gasteiger partial charge in [0.1, 0.15) is 0 Å². The summed E-state index contributed by atoms with van der Waals surface area (Å²) in [7, 11) is 0. The maximum atomic E-state index is 11.8. The molecule has 0 radical (unpaired) electrons. The van der Waals surface area contributed by atoms with Crippen LogP contribution < -0.4 is 5.32 Å². The van der Waals surface area contributed by atoms with Crippen molar-refractivity contribution in [3.8, 4) is 0 Å². The van der Waals surface area contributed by atoms with Crippen LogP contribution in [-0.2, 0) is 0 Å². The SMILES string of the molecule is Cc1c[nH]cc1C(=O)NC[C@@H]1C[C@H]1C(C)C. The second-order valence-corrected chi connectivity index (χ2v) is 5.17. The van der Waals surface area contributed by atoms with E-state index < -0.39 is 0 Å². The van der Waals surface area contributed by atoms with E-state index in [1.165, 1.54) is 6.42 Å². The molecule has 0 spiro atoms. The van der Waals surface area contributed by atoms with E-state index in [0.29, 0.717) is 5.92 Å². The van der Waals surface area contributed by atoms with Crippen LogP contribution in [0.3, 0.4) is 0 Å². The first-order valence-corrected chi connectivity index (χ1v) is 6.01. The lowest BCUT2D eigenvalue weighted by atomic mass is 10.1. The summed E-state index contributed by atoms with van der Waals surface area (Å²) in [5.74, 6) is 2.31. The fourth-order valence-electron chi connectivity index (χ4n) is 2.33. The van der Waals surface area contributed by atoms with Crippen LogP contribution in [0.4, 0.5) is 0 Å². The molecule has 1 aliphatic rings.